The fourth-order valence-corrected chi connectivity index (χ4v) is 6.06. The fourth-order valence-electron chi connectivity index (χ4n) is 5.94. The monoisotopic (exact) mass is 567 g/mol. The molecule has 1 aromatic heterocycles. The largest absolute Gasteiger partial charge is 0.455 e. The highest BCUT2D eigenvalue weighted by molar-refractivity contribution is 6.30. The Morgan fingerprint density at radius 2 is 1.78 bits per heavy atom. The first kappa shape index (κ1) is 29.2. The number of allylic oxidation sites excluding steroid dienone is 2. The first-order valence-electron chi connectivity index (χ1n) is 14.7. The van der Waals surface area contributed by atoms with E-state index in [1.165, 1.54) is 29.7 Å². The number of benzene rings is 2. The molecule has 0 atom stereocenters. The number of aryl methyl sites for hydroxylation is 1. The Bertz CT molecular complexity index is 1450. The molecule has 0 N–H and O–H groups in total. The number of halogens is 1. The molecule has 0 amide bonds. The van der Waals surface area contributed by atoms with Crippen molar-refractivity contribution in [3.05, 3.63) is 100 Å². The summed E-state index contributed by atoms with van der Waals surface area (Å²) in [5.41, 5.74) is 8.97. The molecule has 2 heterocycles. The molecule has 5 heteroatoms. The number of piperazine rings is 1. The van der Waals surface area contributed by atoms with Crippen molar-refractivity contribution in [3.8, 4) is 11.5 Å². The Balaban J connectivity index is 1.29. The molecular weight excluding hydrogens is 526 g/mol. The van der Waals surface area contributed by atoms with Gasteiger partial charge in [0, 0.05) is 60.8 Å². The summed E-state index contributed by atoms with van der Waals surface area (Å²) in [4.78, 5) is 9.61. The Hall–Kier alpha value is -3.34. The van der Waals surface area contributed by atoms with Crippen LogP contribution in [0.1, 0.15) is 62.4 Å². The number of hydrogen-bond donors (Lipinski definition) is 0. The van der Waals surface area contributed by atoms with Crippen molar-refractivity contribution < 1.29 is 4.74 Å². The second kappa shape index (κ2) is 12.7. The van der Waals surface area contributed by atoms with E-state index >= 15 is 0 Å². The van der Waals surface area contributed by atoms with Gasteiger partial charge in [0.15, 0.2) is 0 Å². The zero-order valence-corrected chi connectivity index (χ0v) is 25.7. The van der Waals surface area contributed by atoms with Crippen molar-refractivity contribution in [2.75, 3.05) is 37.6 Å². The lowest BCUT2D eigenvalue weighted by molar-refractivity contribution is 0.264. The van der Waals surface area contributed by atoms with E-state index in [-0.39, 0.29) is 0 Å². The maximum atomic E-state index is 6.35. The Morgan fingerprint density at radius 1 is 1.02 bits per heavy atom. The summed E-state index contributed by atoms with van der Waals surface area (Å²) in [6.45, 7) is 17.9. The number of aromatic nitrogens is 1. The van der Waals surface area contributed by atoms with Crippen molar-refractivity contribution in [2.24, 2.45) is 5.41 Å². The molecule has 1 aliphatic carbocycles. The summed E-state index contributed by atoms with van der Waals surface area (Å²) >= 11 is 6.21. The van der Waals surface area contributed by atoms with Crippen LogP contribution in [-0.2, 0) is 0 Å². The van der Waals surface area contributed by atoms with E-state index in [2.05, 4.69) is 71.6 Å². The molecule has 0 unspecified atom stereocenters. The highest BCUT2D eigenvalue weighted by Crippen LogP contribution is 2.43. The molecule has 2 aromatic carbocycles. The van der Waals surface area contributed by atoms with Crippen molar-refractivity contribution in [2.45, 2.75) is 47.0 Å². The van der Waals surface area contributed by atoms with E-state index in [0.717, 1.165) is 72.5 Å². The van der Waals surface area contributed by atoms with Gasteiger partial charge in [-0.25, -0.2) is 0 Å². The quantitative estimate of drug-likeness (QED) is 0.271. The molecule has 0 bridgehead atoms. The molecule has 214 valence electrons. The van der Waals surface area contributed by atoms with Gasteiger partial charge in [0.25, 0.3) is 0 Å². The van der Waals surface area contributed by atoms with Crippen molar-refractivity contribution in [1.29, 1.82) is 0 Å². The number of ether oxygens (including phenoxy) is 1. The van der Waals surface area contributed by atoms with Crippen molar-refractivity contribution in [3.63, 3.8) is 0 Å². The van der Waals surface area contributed by atoms with Crippen LogP contribution in [0.4, 0.5) is 5.69 Å². The summed E-state index contributed by atoms with van der Waals surface area (Å²) in [6, 6.07) is 16.9. The van der Waals surface area contributed by atoms with Gasteiger partial charge in [-0.1, -0.05) is 68.0 Å². The van der Waals surface area contributed by atoms with Gasteiger partial charge in [-0.2, -0.15) is 0 Å². The van der Waals surface area contributed by atoms with Crippen molar-refractivity contribution in [1.82, 2.24) is 9.88 Å². The van der Waals surface area contributed by atoms with Gasteiger partial charge in [-0.05, 0) is 85.6 Å². The maximum absolute atomic E-state index is 6.35. The molecule has 1 saturated heterocycles. The fraction of sp³-hybridized carbons (Fsp3) is 0.361. The molecule has 5 rings (SSSR count). The first-order valence-corrected chi connectivity index (χ1v) is 15.1. The SMILES string of the molecule is C=Cc1ccc(N2CCN(CC3=C(c4ccc(Cl)cc4)CC(C)(C)CC3)CC2)cc1Oc1cnc(C)c(/C=C\C)c1. The van der Waals surface area contributed by atoms with E-state index in [1.807, 2.05) is 44.2 Å². The van der Waals surface area contributed by atoms with Gasteiger partial charge in [0.05, 0.1) is 6.20 Å². The Kier molecular flexibility index (Phi) is 9.01. The van der Waals surface area contributed by atoms with Crippen LogP contribution >= 0.6 is 11.6 Å². The summed E-state index contributed by atoms with van der Waals surface area (Å²) in [5, 5.41) is 0.797. The van der Waals surface area contributed by atoms with E-state index in [4.69, 9.17) is 16.3 Å². The molecule has 2 aliphatic rings. The highest BCUT2D eigenvalue weighted by Gasteiger charge is 2.29. The molecule has 4 nitrogen and oxygen atoms in total. The van der Waals surface area contributed by atoms with Gasteiger partial charge in [-0.15, -0.1) is 0 Å². The number of anilines is 1. The molecule has 0 spiro atoms. The third kappa shape index (κ3) is 7.12. The Labute approximate surface area is 251 Å². The lowest BCUT2D eigenvalue weighted by Crippen LogP contribution is -2.47. The number of hydrogen-bond acceptors (Lipinski definition) is 4. The van der Waals surface area contributed by atoms with E-state index in [9.17, 15) is 0 Å². The minimum atomic E-state index is 0.331. The number of pyridine rings is 1. The van der Waals surface area contributed by atoms with Crippen molar-refractivity contribution >= 4 is 35.0 Å². The van der Waals surface area contributed by atoms with E-state index in [0.29, 0.717) is 5.41 Å². The second-order valence-corrected chi connectivity index (χ2v) is 12.5. The maximum Gasteiger partial charge on any atom is 0.146 e. The van der Waals surface area contributed by atoms with Crippen LogP contribution in [-0.4, -0.2) is 42.6 Å². The van der Waals surface area contributed by atoms with Gasteiger partial charge in [0.1, 0.15) is 11.5 Å². The predicted molar refractivity (Wildman–Crippen MR) is 175 cm³/mol. The molecular formula is C36H42ClN3O. The summed E-state index contributed by atoms with van der Waals surface area (Å²) < 4.78 is 6.35. The standard InChI is InChI=1S/C36H42ClN3O/c1-6-8-29-21-33(24-38-26(29)3)41-35-22-32(14-11-27(35)7-2)40-19-17-39(18-20-40)25-30-15-16-36(4,5)23-34(30)28-9-12-31(37)13-10-28/h6-14,21-22,24H,2,15-20,23,25H2,1,3-5H3/b8-6-. The average Bonchev–Trinajstić information content (AvgIpc) is 2.96. The number of nitrogens with zero attached hydrogens (tertiary/aromatic N) is 3. The molecule has 1 aliphatic heterocycles. The van der Waals surface area contributed by atoms with Crippen LogP contribution in [0.15, 0.2) is 73.0 Å². The second-order valence-electron chi connectivity index (χ2n) is 12.1. The molecule has 41 heavy (non-hydrogen) atoms. The molecule has 3 aromatic rings. The number of rotatable bonds is 8. The first-order chi connectivity index (χ1) is 19.7. The van der Waals surface area contributed by atoms with Crippen LogP contribution < -0.4 is 9.64 Å². The Morgan fingerprint density at radius 3 is 2.49 bits per heavy atom. The van der Waals surface area contributed by atoms with Gasteiger partial charge >= 0.3 is 0 Å². The molecule has 1 fully saturated rings. The third-order valence-electron chi connectivity index (χ3n) is 8.42. The molecule has 0 radical (unpaired) electrons. The van der Waals surface area contributed by atoms with Crippen LogP contribution in [0, 0.1) is 12.3 Å². The van der Waals surface area contributed by atoms with E-state index < -0.39 is 0 Å². The highest BCUT2D eigenvalue weighted by atomic mass is 35.5. The minimum Gasteiger partial charge on any atom is -0.455 e. The summed E-state index contributed by atoms with van der Waals surface area (Å²) in [7, 11) is 0. The average molecular weight is 568 g/mol. The summed E-state index contributed by atoms with van der Waals surface area (Å²) in [5.74, 6) is 1.54. The predicted octanol–water partition coefficient (Wildman–Crippen LogP) is 9.30. The zero-order chi connectivity index (χ0) is 29.0. The van der Waals surface area contributed by atoms with Crippen LogP contribution in [0.3, 0.4) is 0 Å². The topological polar surface area (TPSA) is 28.6 Å². The smallest absolute Gasteiger partial charge is 0.146 e. The summed E-state index contributed by atoms with van der Waals surface area (Å²) in [6.07, 6.45) is 11.2. The van der Waals surface area contributed by atoms with Crippen LogP contribution in [0.25, 0.3) is 17.7 Å². The van der Waals surface area contributed by atoms with E-state index in [1.54, 1.807) is 11.8 Å². The van der Waals surface area contributed by atoms with Gasteiger partial charge < -0.3 is 9.64 Å². The third-order valence-corrected chi connectivity index (χ3v) is 8.67. The zero-order valence-electron chi connectivity index (χ0n) is 24.9. The van der Waals surface area contributed by atoms with Gasteiger partial charge in [-0.3, -0.25) is 9.88 Å². The van der Waals surface area contributed by atoms with Crippen LogP contribution in [0.2, 0.25) is 5.02 Å². The lowest BCUT2D eigenvalue weighted by atomic mass is 9.72. The van der Waals surface area contributed by atoms with Crippen LogP contribution in [0.5, 0.6) is 11.5 Å². The lowest BCUT2D eigenvalue weighted by Gasteiger charge is -2.39. The minimum absolute atomic E-state index is 0.331. The normalized spacial score (nSPS) is 17.7. The van der Waals surface area contributed by atoms with Gasteiger partial charge in [0.2, 0.25) is 0 Å². The molecule has 0 saturated carbocycles.